The first-order valence-corrected chi connectivity index (χ1v) is 14.9. The summed E-state index contributed by atoms with van der Waals surface area (Å²) >= 11 is 1.22. The topological polar surface area (TPSA) is 79.1 Å². The largest absolute Gasteiger partial charge is 0.496 e. The molecule has 1 aromatic heterocycles. The minimum Gasteiger partial charge on any atom is -0.496 e. The fourth-order valence-corrected chi connectivity index (χ4v) is 6.48. The van der Waals surface area contributed by atoms with Crippen molar-refractivity contribution in [2.75, 3.05) is 13.7 Å². The third-order valence-corrected chi connectivity index (χ3v) is 8.47. The van der Waals surface area contributed by atoms with E-state index in [9.17, 15) is 14.0 Å². The molecular weight excluding hydrogens is 579 g/mol. The van der Waals surface area contributed by atoms with Gasteiger partial charge >= 0.3 is 5.97 Å². The van der Waals surface area contributed by atoms with Crippen LogP contribution in [0.1, 0.15) is 36.6 Å². The molecule has 0 N–H and O–H groups in total. The molecule has 4 aromatic carbocycles. The molecule has 5 aromatic rings. The number of halogens is 1. The van der Waals surface area contributed by atoms with Crippen molar-refractivity contribution in [3.05, 3.63) is 138 Å². The summed E-state index contributed by atoms with van der Waals surface area (Å²) in [6.45, 7) is 3.69. The Hall–Kier alpha value is -5.02. The number of hydrogen-bond donors (Lipinski definition) is 0. The molecule has 0 radical (unpaired) electrons. The Morgan fingerprint density at radius 1 is 1.00 bits per heavy atom. The quantitative estimate of drug-likeness (QED) is 0.212. The van der Waals surface area contributed by atoms with Gasteiger partial charge in [0.15, 0.2) is 4.80 Å². The Labute approximate surface area is 256 Å². The van der Waals surface area contributed by atoms with E-state index in [0.29, 0.717) is 43.2 Å². The number of benzene rings is 4. The zero-order valence-corrected chi connectivity index (χ0v) is 25.2. The molecule has 1 aliphatic heterocycles. The summed E-state index contributed by atoms with van der Waals surface area (Å²) in [4.78, 5) is 32.9. The first-order valence-electron chi connectivity index (χ1n) is 14.1. The summed E-state index contributed by atoms with van der Waals surface area (Å²) in [5.74, 6) is 0.133. The summed E-state index contributed by atoms with van der Waals surface area (Å²) < 4.78 is 33.4. The van der Waals surface area contributed by atoms with Gasteiger partial charge in [0.1, 0.15) is 30.0 Å². The van der Waals surface area contributed by atoms with Crippen LogP contribution in [-0.4, -0.2) is 24.3 Å². The monoisotopic (exact) mass is 608 g/mol. The summed E-state index contributed by atoms with van der Waals surface area (Å²) in [6.07, 6.45) is 1.74. The van der Waals surface area contributed by atoms with Gasteiger partial charge in [0, 0.05) is 16.7 Å². The minimum absolute atomic E-state index is 0.0295. The van der Waals surface area contributed by atoms with Crippen molar-refractivity contribution < 1.29 is 23.4 Å². The number of aromatic nitrogens is 1. The number of carbonyl (C=O) groups excluding carboxylic acids is 1. The third kappa shape index (κ3) is 5.31. The standard InChI is InChI=1S/C35H29FN2O5S/c1-4-42-34(40)30-21(2)37-35-38(32(30)31-25-14-8-5-11-22(25)17-18-28(31)41-3)33(39)29(44-35)19-23-12-7-10-16-27(23)43-20-24-13-6-9-15-26(24)36/h5-19,32H,4,20H2,1-3H3/b29-19-/t32-/m1/s1. The number of hydrogen-bond acceptors (Lipinski definition) is 7. The van der Waals surface area contributed by atoms with Crippen molar-refractivity contribution in [3.8, 4) is 11.5 Å². The molecule has 0 amide bonds. The maximum atomic E-state index is 14.3. The summed E-state index contributed by atoms with van der Waals surface area (Å²) in [5.41, 5.74) is 2.15. The number of esters is 1. The first kappa shape index (κ1) is 29.1. The van der Waals surface area contributed by atoms with Crippen molar-refractivity contribution in [1.29, 1.82) is 0 Å². The highest BCUT2D eigenvalue weighted by molar-refractivity contribution is 7.07. The van der Waals surface area contributed by atoms with Crippen LogP contribution in [0.2, 0.25) is 0 Å². The first-order chi connectivity index (χ1) is 21.4. The zero-order valence-electron chi connectivity index (χ0n) is 24.4. The number of methoxy groups -OCH3 is 1. The van der Waals surface area contributed by atoms with E-state index in [4.69, 9.17) is 19.2 Å². The number of nitrogens with zero attached hydrogens (tertiary/aromatic N) is 2. The summed E-state index contributed by atoms with van der Waals surface area (Å²) in [5, 5.41) is 1.78. The number of thiazole rings is 1. The smallest absolute Gasteiger partial charge is 0.338 e. The fourth-order valence-electron chi connectivity index (χ4n) is 5.44. The van der Waals surface area contributed by atoms with Gasteiger partial charge in [-0.05, 0) is 48.9 Å². The average molecular weight is 609 g/mol. The Balaban J connectivity index is 1.53. The maximum Gasteiger partial charge on any atom is 0.338 e. The third-order valence-electron chi connectivity index (χ3n) is 7.49. The van der Waals surface area contributed by atoms with Gasteiger partial charge in [0.25, 0.3) is 5.56 Å². The van der Waals surface area contributed by atoms with E-state index < -0.39 is 12.0 Å². The lowest BCUT2D eigenvalue weighted by Gasteiger charge is -2.27. The van der Waals surface area contributed by atoms with Crippen LogP contribution in [0.25, 0.3) is 16.8 Å². The molecule has 2 heterocycles. The van der Waals surface area contributed by atoms with Crippen LogP contribution in [0.3, 0.4) is 0 Å². The molecular formula is C35H29FN2O5S. The Morgan fingerprint density at radius 3 is 2.55 bits per heavy atom. The van der Waals surface area contributed by atoms with Crippen molar-refractivity contribution in [1.82, 2.24) is 4.57 Å². The van der Waals surface area contributed by atoms with Crippen molar-refractivity contribution in [3.63, 3.8) is 0 Å². The average Bonchev–Trinajstić information content (AvgIpc) is 3.33. The highest BCUT2D eigenvalue weighted by Gasteiger charge is 2.36. The number of allylic oxidation sites excluding steroid dienone is 1. The molecule has 0 unspecified atom stereocenters. The van der Waals surface area contributed by atoms with Crippen LogP contribution in [0.15, 0.2) is 106 Å². The molecule has 44 heavy (non-hydrogen) atoms. The number of ether oxygens (including phenoxy) is 3. The van der Waals surface area contributed by atoms with Crippen molar-refractivity contribution >= 4 is 34.2 Å². The zero-order chi connectivity index (χ0) is 30.8. The molecule has 0 aliphatic carbocycles. The van der Waals surface area contributed by atoms with E-state index in [1.807, 2.05) is 54.6 Å². The van der Waals surface area contributed by atoms with Gasteiger partial charge in [-0.15, -0.1) is 0 Å². The molecule has 1 aliphatic rings. The van der Waals surface area contributed by atoms with Crippen LogP contribution in [0, 0.1) is 5.82 Å². The summed E-state index contributed by atoms with van der Waals surface area (Å²) in [7, 11) is 1.57. The lowest BCUT2D eigenvalue weighted by Crippen LogP contribution is -2.40. The molecule has 6 rings (SSSR count). The van der Waals surface area contributed by atoms with Gasteiger partial charge < -0.3 is 14.2 Å². The summed E-state index contributed by atoms with van der Waals surface area (Å²) in [6, 6.07) is 24.4. The van der Waals surface area contributed by atoms with E-state index in [-0.39, 0.29) is 30.2 Å². The van der Waals surface area contributed by atoms with E-state index in [1.165, 1.54) is 17.4 Å². The molecule has 0 saturated carbocycles. The van der Waals surface area contributed by atoms with Gasteiger partial charge in [-0.3, -0.25) is 9.36 Å². The predicted octanol–water partition coefficient (Wildman–Crippen LogP) is 5.68. The van der Waals surface area contributed by atoms with Gasteiger partial charge in [-0.2, -0.15) is 0 Å². The van der Waals surface area contributed by atoms with Crippen molar-refractivity contribution in [2.45, 2.75) is 26.5 Å². The van der Waals surface area contributed by atoms with E-state index in [0.717, 1.165) is 10.8 Å². The predicted molar refractivity (Wildman–Crippen MR) is 168 cm³/mol. The second-order valence-corrected chi connectivity index (χ2v) is 11.1. The van der Waals surface area contributed by atoms with Crippen LogP contribution in [-0.2, 0) is 16.1 Å². The second-order valence-electron chi connectivity index (χ2n) is 10.1. The Kier molecular flexibility index (Phi) is 8.13. The van der Waals surface area contributed by atoms with Gasteiger partial charge in [-0.25, -0.2) is 14.2 Å². The lowest BCUT2D eigenvalue weighted by atomic mass is 9.90. The maximum absolute atomic E-state index is 14.3. The molecule has 7 nitrogen and oxygen atoms in total. The normalized spacial score (nSPS) is 14.7. The molecule has 1 atom stereocenters. The lowest BCUT2D eigenvalue weighted by molar-refractivity contribution is -0.139. The van der Waals surface area contributed by atoms with Crippen LogP contribution in [0.4, 0.5) is 4.39 Å². The number of para-hydroxylation sites is 1. The van der Waals surface area contributed by atoms with Crippen LogP contribution < -0.4 is 24.4 Å². The number of fused-ring (bicyclic) bond motifs is 2. The highest BCUT2D eigenvalue weighted by Crippen LogP contribution is 2.40. The van der Waals surface area contributed by atoms with Crippen LogP contribution in [0.5, 0.6) is 11.5 Å². The van der Waals surface area contributed by atoms with E-state index >= 15 is 0 Å². The van der Waals surface area contributed by atoms with E-state index in [2.05, 4.69) is 0 Å². The minimum atomic E-state index is -0.846. The molecule has 9 heteroatoms. The SMILES string of the molecule is CCOC(=O)C1=C(C)N=c2s/c(=C\c3ccccc3OCc3ccccc3F)c(=O)n2[C@H]1c1c(OC)ccc2ccccc12. The molecule has 0 fully saturated rings. The van der Waals surface area contributed by atoms with Gasteiger partial charge in [0.05, 0.1) is 29.5 Å². The molecule has 222 valence electrons. The van der Waals surface area contributed by atoms with E-state index in [1.54, 1.807) is 55.9 Å². The van der Waals surface area contributed by atoms with Gasteiger partial charge in [-0.1, -0.05) is 78.1 Å². The molecule has 0 saturated heterocycles. The van der Waals surface area contributed by atoms with Gasteiger partial charge in [0.2, 0.25) is 0 Å². The molecule has 0 bridgehead atoms. The number of carbonyl (C=O) groups is 1. The van der Waals surface area contributed by atoms with Crippen molar-refractivity contribution in [2.24, 2.45) is 4.99 Å². The Bertz CT molecular complexity index is 2110. The fraction of sp³-hybridized carbons (Fsp3) is 0.171. The number of rotatable bonds is 8. The Morgan fingerprint density at radius 2 is 1.75 bits per heavy atom. The second kappa shape index (κ2) is 12.3. The highest BCUT2D eigenvalue weighted by atomic mass is 32.1. The molecule has 0 spiro atoms. The van der Waals surface area contributed by atoms with Crippen LogP contribution >= 0.6 is 11.3 Å².